The third kappa shape index (κ3) is 5.26. The van der Waals surface area contributed by atoms with E-state index in [9.17, 15) is 35.7 Å². The molecule has 0 amide bonds. The van der Waals surface area contributed by atoms with Crippen LogP contribution in [0.4, 0.5) is 0 Å². The lowest BCUT2D eigenvalue weighted by Gasteiger charge is -2.45. The van der Waals surface area contributed by atoms with E-state index in [0.717, 1.165) is 0 Å². The maximum atomic E-state index is 10.7. The first-order valence-corrected chi connectivity index (χ1v) is 10.9. The smallest absolute Gasteiger partial charge is 0.229 e. The van der Waals surface area contributed by atoms with Gasteiger partial charge in [-0.1, -0.05) is 13.8 Å². The molecule has 2 saturated heterocycles. The number of ether oxygens (including phenoxy) is 4. The number of phenolic OH excluding ortho intramolecular Hbond substituents is 1. The number of aryl methyl sites for hydroxylation is 1. The van der Waals surface area contributed by atoms with Crippen molar-refractivity contribution < 1.29 is 54.7 Å². The van der Waals surface area contributed by atoms with Crippen molar-refractivity contribution >= 4 is 0 Å². The molecule has 0 saturated carbocycles. The number of aliphatic hydroxyl groups is 6. The van der Waals surface area contributed by atoms with Gasteiger partial charge in [0.25, 0.3) is 0 Å². The molecule has 1 aromatic carbocycles. The molecule has 3 rings (SSSR count). The third-order valence-corrected chi connectivity index (χ3v) is 6.12. The molecular formula is C22H34O11. The van der Waals surface area contributed by atoms with Crippen LogP contribution in [0.2, 0.25) is 0 Å². The summed E-state index contributed by atoms with van der Waals surface area (Å²) in [7, 11) is 0. The minimum absolute atomic E-state index is 0.0559. The maximum absolute atomic E-state index is 10.7. The average molecular weight is 475 g/mol. The molecule has 0 unspecified atom stereocenters. The summed E-state index contributed by atoms with van der Waals surface area (Å²) in [6.07, 6.45) is -14.1. The second kappa shape index (κ2) is 10.4. The first kappa shape index (κ1) is 26.1. The molecule has 0 bridgehead atoms. The normalized spacial score (nSPS) is 39.6. The molecule has 11 nitrogen and oxygen atoms in total. The Hall–Kier alpha value is -1.54. The SMILES string of the molecule is Cc1cc(O[C@@H]2O[C@H](CO)[C@@H](O)[C@H](O)[C@H]2O[C@@H]2O[C@@H](C)[C@H](O)[C@@H](O)[C@H]2O)c(C(C)C)cc1O. The highest BCUT2D eigenvalue weighted by atomic mass is 16.8. The Morgan fingerprint density at radius 3 is 2.18 bits per heavy atom. The molecule has 188 valence electrons. The number of hydrogen-bond donors (Lipinski definition) is 7. The molecule has 0 spiro atoms. The van der Waals surface area contributed by atoms with Crippen LogP contribution in [-0.4, -0.2) is 104 Å². The molecule has 33 heavy (non-hydrogen) atoms. The molecule has 0 aliphatic carbocycles. The van der Waals surface area contributed by atoms with Gasteiger partial charge in [-0.05, 0) is 37.5 Å². The Balaban J connectivity index is 1.91. The predicted molar refractivity (Wildman–Crippen MR) is 113 cm³/mol. The van der Waals surface area contributed by atoms with E-state index in [1.54, 1.807) is 19.1 Å². The highest BCUT2D eigenvalue weighted by Crippen LogP contribution is 2.36. The van der Waals surface area contributed by atoms with E-state index in [1.807, 2.05) is 13.8 Å². The van der Waals surface area contributed by atoms with Crippen molar-refractivity contribution in [2.24, 2.45) is 0 Å². The van der Waals surface area contributed by atoms with E-state index in [-0.39, 0.29) is 11.7 Å². The summed E-state index contributed by atoms with van der Waals surface area (Å²) in [5, 5.41) is 71.1. The topological polar surface area (TPSA) is 179 Å². The van der Waals surface area contributed by atoms with Crippen molar-refractivity contribution in [3.63, 3.8) is 0 Å². The van der Waals surface area contributed by atoms with Gasteiger partial charge in [-0.2, -0.15) is 0 Å². The molecule has 2 aliphatic rings. The van der Waals surface area contributed by atoms with Crippen LogP contribution in [0.15, 0.2) is 12.1 Å². The summed E-state index contributed by atoms with van der Waals surface area (Å²) in [4.78, 5) is 0. The van der Waals surface area contributed by atoms with E-state index >= 15 is 0 Å². The molecule has 2 aliphatic heterocycles. The minimum atomic E-state index is -1.65. The lowest BCUT2D eigenvalue weighted by atomic mass is 9.97. The lowest BCUT2D eigenvalue weighted by molar-refractivity contribution is -0.354. The third-order valence-electron chi connectivity index (χ3n) is 6.12. The molecule has 7 N–H and O–H groups in total. The highest BCUT2D eigenvalue weighted by Gasteiger charge is 2.51. The Morgan fingerprint density at radius 2 is 1.58 bits per heavy atom. The first-order valence-electron chi connectivity index (χ1n) is 10.9. The quantitative estimate of drug-likeness (QED) is 0.265. The van der Waals surface area contributed by atoms with Gasteiger partial charge in [0.2, 0.25) is 6.29 Å². The van der Waals surface area contributed by atoms with Gasteiger partial charge in [0.15, 0.2) is 12.4 Å². The average Bonchev–Trinajstić information content (AvgIpc) is 2.77. The summed E-state index contributed by atoms with van der Waals surface area (Å²) in [6, 6.07) is 3.14. The molecule has 0 radical (unpaired) electrons. The van der Waals surface area contributed by atoms with Crippen molar-refractivity contribution in [2.45, 2.75) is 95.0 Å². The summed E-state index contributed by atoms with van der Waals surface area (Å²) in [5.41, 5.74) is 1.17. The van der Waals surface area contributed by atoms with Gasteiger partial charge in [-0.3, -0.25) is 0 Å². The standard InChI is InChI=1S/C22H34O11/c1-8(2)11-6-12(24)9(3)5-13(11)31-22-20(18(28)16(26)14(7-23)32-22)33-21-19(29)17(27)15(25)10(4)30-21/h5-6,8,10,14-29H,7H2,1-4H3/t10-,14+,15-,16+,17+,18-,19+,20+,21-,22+/m0/s1. The largest absolute Gasteiger partial charge is 0.508 e. The zero-order valence-electron chi connectivity index (χ0n) is 19.0. The number of aromatic hydroxyl groups is 1. The van der Waals surface area contributed by atoms with Crippen molar-refractivity contribution in [1.82, 2.24) is 0 Å². The van der Waals surface area contributed by atoms with Gasteiger partial charge in [-0.25, -0.2) is 0 Å². The van der Waals surface area contributed by atoms with Gasteiger partial charge >= 0.3 is 0 Å². The monoisotopic (exact) mass is 474 g/mol. The Labute approximate surface area is 191 Å². The summed E-state index contributed by atoms with van der Waals surface area (Å²) in [5.74, 6) is 0.347. The fourth-order valence-corrected chi connectivity index (χ4v) is 3.94. The second-order valence-corrected chi connectivity index (χ2v) is 8.94. The van der Waals surface area contributed by atoms with Crippen LogP contribution < -0.4 is 4.74 Å². The first-order chi connectivity index (χ1) is 15.5. The number of phenols is 1. The highest BCUT2D eigenvalue weighted by molar-refractivity contribution is 5.46. The number of hydrogen-bond acceptors (Lipinski definition) is 11. The maximum Gasteiger partial charge on any atom is 0.229 e. The zero-order valence-corrected chi connectivity index (χ0v) is 19.0. The fraction of sp³-hybridized carbons (Fsp3) is 0.727. The lowest BCUT2D eigenvalue weighted by Crippen LogP contribution is -2.64. The van der Waals surface area contributed by atoms with Crippen LogP contribution in [0.5, 0.6) is 11.5 Å². The van der Waals surface area contributed by atoms with Crippen LogP contribution in [0, 0.1) is 6.92 Å². The molecule has 2 fully saturated rings. The van der Waals surface area contributed by atoms with Gasteiger partial charge in [0.1, 0.15) is 48.1 Å². The molecule has 2 heterocycles. The van der Waals surface area contributed by atoms with Crippen LogP contribution in [0.1, 0.15) is 37.8 Å². The van der Waals surface area contributed by atoms with Gasteiger partial charge in [-0.15, -0.1) is 0 Å². The Morgan fingerprint density at radius 1 is 0.909 bits per heavy atom. The van der Waals surface area contributed by atoms with Crippen LogP contribution in [0.25, 0.3) is 0 Å². The van der Waals surface area contributed by atoms with E-state index in [0.29, 0.717) is 16.9 Å². The number of aliphatic hydroxyl groups excluding tert-OH is 6. The molecule has 0 aromatic heterocycles. The van der Waals surface area contributed by atoms with Gasteiger partial charge in [0.05, 0.1) is 12.7 Å². The predicted octanol–water partition coefficient (Wildman–Crippen LogP) is -1.15. The van der Waals surface area contributed by atoms with E-state index < -0.39 is 68.0 Å². The van der Waals surface area contributed by atoms with Gasteiger partial charge in [0, 0.05) is 5.56 Å². The molecule has 1 aromatic rings. The van der Waals surface area contributed by atoms with E-state index in [1.165, 1.54) is 6.92 Å². The van der Waals surface area contributed by atoms with Crippen molar-refractivity contribution in [2.75, 3.05) is 6.61 Å². The summed E-state index contributed by atoms with van der Waals surface area (Å²) in [6.45, 7) is 6.32. The van der Waals surface area contributed by atoms with E-state index in [2.05, 4.69) is 0 Å². The fourth-order valence-electron chi connectivity index (χ4n) is 3.94. The van der Waals surface area contributed by atoms with Crippen LogP contribution in [-0.2, 0) is 14.2 Å². The molecular weight excluding hydrogens is 440 g/mol. The number of rotatable bonds is 6. The molecule has 10 atom stereocenters. The minimum Gasteiger partial charge on any atom is -0.508 e. The Bertz CT molecular complexity index is 803. The number of benzene rings is 1. The second-order valence-electron chi connectivity index (χ2n) is 8.94. The summed E-state index contributed by atoms with van der Waals surface area (Å²) < 4.78 is 22.8. The van der Waals surface area contributed by atoms with Crippen LogP contribution in [0.3, 0.4) is 0 Å². The molecule has 11 heteroatoms. The summed E-state index contributed by atoms with van der Waals surface area (Å²) >= 11 is 0. The van der Waals surface area contributed by atoms with Gasteiger partial charge < -0.3 is 54.7 Å². The van der Waals surface area contributed by atoms with Crippen molar-refractivity contribution in [3.05, 3.63) is 23.3 Å². The van der Waals surface area contributed by atoms with Crippen molar-refractivity contribution in [3.8, 4) is 11.5 Å². The van der Waals surface area contributed by atoms with Crippen molar-refractivity contribution in [1.29, 1.82) is 0 Å². The Kier molecular flexibility index (Phi) is 8.20. The van der Waals surface area contributed by atoms with E-state index in [4.69, 9.17) is 18.9 Å². The van der Waals surface area contributed by atoms with Crippen LogP contribution >= 0.6 is 0 Å². The zero-order chi connectivity index (χ0) is 24.6.